The Balaban J connectivity index is 2.14. The van der Waals surface area contributed by atoms with Gasteiger partial charge in [0.15, 0.2) is 0 Å². The number of anilines is 2. The van der Waals surface area contributed by atoms with Crippen LogP contribution in [0.1, 0.15) is 32.6 Å². The molecule has 0 radical (unpaired) electrons. The summed E-state index contributed by atoms with van der Waals surface area (Å²) in [5.74, 6) is 5.46. The van der Waals surface area contributed by atoms with Crippen LogP contribution >= 0.6 is 0 Å². The third-order valence-electron chi connectivity index (χ3n) is 3.51. The lowest BCUT2D eigenvalue weighted by Gasteiger charge is -2.15. The maximum Gasteiger partial charge on any atom is 0.354 e. The van der Waals surface area contributed by atoms with Gasteiger partial charge in [0.25, 0.3) is 0 Å². The van der Waals surface area contributed by atoms with E-state index in [1.807, 2.05) is 0 Å². The minimum atomic E-state index is -0.531. The van der Waals surface area contributed by atoms with E-state index in [1.165, 1.54) is 6.33 Å². The van der Waals surface area contributed by atoms with E-state index in [2.05, 4.69) is 27.6 Å². The molecule has 0 atom stereocenters. The van der Waals surface area contributed by atoms with Crippen LogP contribution in [0.25, 0.3) is 0 Å². The van der Waals surface area contributed by atoms with E-state index >= 15 is 0 Å². The van der Waals surface area contributed by atoms with Crippen LogP contribution in [0.4, 0.5) is 17.3 Å². The first-order valence-corrected chi connectivity index (χ1v) is 6.32. The highest BCUT2D eigenvalue weighted by atomic mass is 16.6. The van der Waals surface area contributed by atoms with Gasteiger partial charge in [-0.2, -0.15) is 0 Å². The van der Waals surface area contributed by atoms with Crippen molar-refractivity contribution in [3.63, 3.8) is 0 Å². The van der Waals surface area contributed by atoms with E-state index in [9.17, 15) is 10.1 Å². The van der Waals surface area contributed by atoms with Crippen molar-refractivity contribution in [2.75, 3.05) is 17.3 Å². The minimum Gasteiger partial charge on any atom is -0.364 e. The van der Waals surface area contributed by atoms with Crippen LogP contribution in [0.3, 0.4) is 0 Å². The Morgan fingerprint density at radius 3 is 2.68 bits per heavy atom. The molecule has 2 rings (SSSR count). The molecular formula is C11H18N6O2. The van der Waals surface area contributed by atoms with E-state index in [0.29, 0.717) is 6.54 Å². The first kappa shape index (κ1) is 13.5. The molecule has 104 valence electrons. The number of nitrogens with two attached hydrogens (primary N) is 1. The number of nitrogen functional groups attached to an aromatic ring is 1. The van der Waals surface area contributed by atoms with Gasteiger partial charge in [-0.1, -0.05) is 13.3 Å². The molecule has 8 heteroatoms. The Kier molecular flexibility index (Phi) is 3.79. The quantitative estimate of drug-likeness (QED) is 0.390. The molecule has 8 nitrogen and oxygen atoms in total. The van der Waals surface area contributed by atoms with Crippen LogP contribution < -0.4 is 16.6 Å². The van der Waals surface area contributed by atoms with Gasteiger partial charge < -0.3 is 10.7 Å². The molecule has 1 aromatic rings. The number of nitrogens with zero attached hydrogens (tertiary/aromatic N) is 3. The fraction of sp³-hybridized carbons (Fsp3) is 0.636. The summed E-state index contributed by atoms with van der Waals surface area (Å²) < 4.78 is 0. The molecule has 1 aliphatic rings. The van der Waals surface area contributed by atoms with Crippen LogP contribution in [0.5, 0.6) is 0 Å². The van der Waals surface area contributed by atoms with Crippen LogP contribution in [-0.4, -0.2) is 21.4 Å². The maximum absolute atomic E-state index is 11.1. The minimum absolute atomic E-state index is 0.0165. The zero-order chi connectivity index (χ0) is 13.9. The number of hydrogen-bond donors (Lipinski definition) is 3. The normalized spacial score (nSPS) is 15.9. The molecule has 19 heavy (non-hydrogen) atoms. The molecule has 1 fully saturated rings. The van der Waals surface area contributed by atoms with Gasteiger partial charge in [-0.25, -0.2) is 15.8 Å². The van der Waals surface area contributed by atoms with E-state index in [4.69, 9.17) is 5.84 Å². The zero-order valence-electron chi connectivity index (χ0n) is 10.8. The van der Waals surface area contributed by atoms with E-state index in [1.54, 1.807) is 0 Å². The number of rotatable bonds is 7. The largest absolute Gasteiger partial charge is 0.364 e. The fourth-order valence-electron chi connectivity index (χ4n) is 2.28. The van der Waals surface area contributed by atoms with Crippen molar-refractivity contribution in [3.05, 3.63) is 16.4 Å². The summed E-state index contributed by atoms with van der Waals surface area (Å²) in [7, 11) is 0. The standard InChI is InChI=1S/C11H18N6O2/c1-2-3-11(4-5-11)6-13-9-8(17(18)19)10(16-12)15-7-14-9/h7H,2-6,12H2,1H3,(H2,13,14,15,16). The van der Waals surface area contributed by atoms with E-state index in [0.717, 1.165) is 25.7 Å². The van der Waals surface area contributed by atoms with Crippen molar-refractivity contribution >= 4 is 17.3 Å². The summed E-state index contributed by atoms with van der Waals surface area (Å²) in [4.78, 5) is 18.2. The molecule has 1 heterocycles. The predicted molar refractivity (Wildman–Crippen MR) is 71.6 cm³/mol. The second-order valence-electron chi connectivity index (χ2n) is 4.92. The van der Waals surface area contributed by atoms with Crippen LogP contribution in [0, 0.1) is 15.5 Å². The summed E-state index contributed by atoms with van der Waals surface area (Å²) in [6.07, 6.45) is 5.82. The van der Waals surface area contributed by atoms with E-state index in [-0.39, 0.29) is 22.7 Å². The summed E-state index contributed by atoms with van der Waals surface area (Å²) in [6, 6.07) is 0. The number of nitrogens with one attached hydrogen (secondary N) is 2. The van der Waals surface area contributed by atoms with Gasteiger partial charge >= 0.3 is 5.69 Å². The molecule has 1 aromatic heterocycles. The highest BCUT2D eigenvalue weighted by molar-refractivity contribution is 5.68. The van der Waals surface area contributed by atoms with Gasteiger partial charge in [0.05, 0.1) is 4.92 Å². The molecule has 0 aromatic carbocycles. The van der Waals surface area contributed by atoms with Crippen molar-refractivity contribution in [1.29, 1.82) is 0 Å². The third-order valence-corrected chi connectivity index (χ3v) is 3.51. The number of hydrazine groups is 1. The van der Waals surface area contributed by atoms with Crippen LogP contribution in [0.2, 0.25) is 0 Å². The SMILES string of the molecule is CCCC1(CNc2ncnc(NN)c2[N+](=O)[O-])CC1. The second-order valence-corrected chi connectivity index (χ2v) is 4.92. The van der Waals surface area contributed by atoms with Gasteiger partial charge in [-0.3, -0.25) is 10.1 Å². The number of nitro groups is 1. The Morgan fingerprint density at radius 1 is 1.47 bits per heavy atom. The van der Waals surface area contributed by atoms with Crippen molar-refractivity contribution in [1.82, 2.24) is 9.97 Å². The van der Waals surface area contributed by atoms with Crippen molar-refractivity contribution in [2.45, 2.75) is 32.6 Å². The van der Waals surface area contributed by atoms with Crippen LogP contribution in [0.15, 0.2) is 6.33 Å². The lowest BCUT2D eigenvalue weighted by atomic mass is 10.0. The molecule has 0 bridgehead atoms. The molecule has 1 saturated carbocycles. The first-order valence-electron chi connectivity index (χ1n) is 6.32. The summed E-state index contributed by atoms with van der Waals surface area (Å²) in [5.41, 5.74) is 2.29. The lowest BCUT2D eigenvalue weighted by molar-refractivity contribution is -0.383. The highest BCUT2D eigenvalue weighted by Crippen LogP contribution is 2.49. The smallest absolute Gasteiger partial charge is 0.354 e. The molecule has 0 spiro atoms. The molecule has 0 amide bonds. The monoisotopic (exact) mass is 266 g/mol. The van der Waals surface area contributed by atoms with Gasteiger partial charge in [0.2, 0.25) is 11.6 Å². The van der Waals surface area contributed by atoms with Gasteiger partial charge in [-0.15, -0.1) is 0 Å². The highest BCUT2D eigenvalue weighted by Gasteiger charge is 2.41. The molecule has 0 saturated heterocycles. The Morgan fingerprint density at radius 2 is 2.16 bits per heavy atom. The molecule has 1 aliphatic carbocycles. The molecule has 0 unspecified atom stereocenters. The third kappa shape index (κ3) is 2.90. The molecule has 4 N–H and O–H groups in total. The molecular weight excluding hydrogens is 248 g/mol. The number of hydrogen-bond acceptors (Lipinski definition) is 7. The van der Waals surface area contributed by atoms with Gasteiger partial charge in [0.1, 0.15) is 6.33 Å². The second kappa shape index (κ2) is 5.35. The average molecular weight is 266 g/mol. The van der Waals surface area contributed by atoms with Crippen molar-refractivity contribution in [2.24, 2.45) is 11.3 Å². The summed E-state index contributed by atoms with van der Waals surface area (Å²) in [6.45, 7) is 2.84. The first-order chi connectivity index (χ1) is 9.12. The van der Waals surface area contributed by atoms with Gasteiger partial charge in [-0.05, 0) is 24.7 Å². The Bertz CT molecular complexity index is 474. The van der Waals surface area contributed by atoms with Crippen molar-refractivity contribution in [3.8, 4) is 0 Å². The Hall–Kier alpha value is -1.96. The predicted octanol–water partition coefficient (Wildman–Crippen LogP) is 1.66. The summed E-state index contributed by atoms with van der Waals surface area (Å²) in [5, 5.41) is 14.1. The van der Waals surface area contributed by atoms with Gasteiger partial charge in [0, 0.05) is 6.54 Å². The maximum atomic E-state index is 11.1. The Labute approximate surface area is 110 Å². The summed E-state index contributed by atoms with van der Waals surface area (Å²) >= 11 is 0. The molecule has 0 aliphatic heterocycles. The van der Waals surface area contributed by atoms with E-state index < -0.39 is 4.92 Å². The zero-order valence-corrected chi connectivity index (χ0v) is 10.8. The lowest BCUT2D eigenvalue weighted by Crippen LogP contribution is -2.18. The topological polar surface area (TPSA) is 119 Å². The average Bonchev–Trinajstić information content (AvgIpc) is 3.16. The fourth-order valence-corrected chi connectivity index (χ4v) is 2.28. The van der Waals surface area contributed by atoms with Crippen molar-refractivity contribution < 1.29 is 4.92 Å². The van der Waals surface area contributed by atoms with Crippen LogP contribution in [-0.2, 0) is 0 Å². The number of aromatic nitrogens is 2.